The zero-order valence-electron chi connectivity index (χ0n) is 13.2. The number of nitrogens with one attached hydrogen (secondary N) is 1. The first kappa shape index (κ1) is 15.4. The molecule has 23 heavy (non-hydrogen) atoms. The van der Waals surface area contributed by atoms with Gasteiger partial charge in [-0.1, -0.05) is 43.3 Å². The summed E-state index contributed by atoms with van der Waals surface area (Å²) >= 11 is 1.65. The highest BCUT2D eigenvalue weighted by Crippen LogP contribution is 2.31. The van der Waals surface area contributed by atoms with Crippen LogP contribution in [0.5, 0.6) is 0 Å². The second-order valence-electron chi connectivity index (χ2n) is 5.33. The summed E-state index contributed by atoms with van der Waals surface area (Å²) in [5, 5.41) is 5.95. The van der Waals surface area contributed by atoms with Crippen LogP contribution in [0.4, 0.5) is 5.69 Å². The maximum atomic E-state index is 11.4. The number of hydrogen-bond donors (Lipinski definition) is 1. The quantitative estimate of drug-likeness (QED) is 0.723. The SMILES string of the molecule is CCC(=O)Nc1ccc(-c2csc(-c3ccccc3C)n2)cc1. The van der Waals surface area contributed by atoms with Crippen LogP contribution in [0.1, 0.15) is 18.9 Å². The summed E-state index contributed by atoms with van der Waals surface area (Å²) in [6, 6.07) is 16.1. The maximum absolute atomic E-state index is 11.4. The van der Waals surface area contributed by atoms with Gasteiger partial charge in [-0.2, -0.15) is 0 Å². The van der Waals surface area contributed by atoms with Gasteiger partial charge in [0.05, 0.1) is 5.69 Å². The molecule has 0 spiro atoms. The van der Waals surface area contributed by atoms with Crippen LogP contribution in [0, 0.1) is 6.92 Å². The lowest BCUT2D eigenvalue weighted by Crippen LogP contribution is -2.08. The van der Waals surface area contributed by atoms with E-state index in [-0.39, 0.29) is 5.91 Å². The van der Waals surface area contributed by atoms with Gasteiger partial charge in [-0.3, -0.25) is 4.79 Å². The molecule has 1 heterocycles. The van der Waals surface area contributed by atoms with E-state index in [1.807, 2.05) is 43.3 Å². The van der Waals surface area contributed by atoms with Gasteiger partial charge in [0.1, 0.15) is 5.01 Å². The predicted octanol–water partition coefficient (Wildman–Crippen LogP) is 5.13. The predicted molar refractivity (Wildman–Crippen MR) is 96.6 cm³/mol. The molecule has 0 aliphatic carbocycles. The molecule has 0 aliphatic heterocycles. The van der Waals surface area contributed by atoms with Crippen molar-refractivity contribution in [2.75, 3.05) is 5.32 Å². The van der Waals surface area contributed by atoms with Crippen molar-refractivity contribution < 1.29 is 4.79 Å². The monoisotopic (exact) mass is 322 g/mol. The fourth-order valence-corrected chi connectivity index (χ4v) is 3.24. The molecule has 0 unspecified atom stereocenters. The minimum Gasteiger partial charge on any atom is -0.326 e. The number of benzene rings is 2. The van der Waals surface area contributed by atoms with Crippen LogP contribution in [0.15, 0.2) is 53.9 Å². The van der Waals surface area contributed by atoms with Gasteiger partial charge >= 0.3 is 0 Å². The van der Waals surface area contributed by atoms with Crippen molar-refractivity contribution in [2.24, 2.45) is 0 Å². The van der Waals surface area contributed by atoms with Crippen LogP contribution in [0.25, 0.3) is 21.8 Å². The number of carbonyl (C=O) groups excluding carboxylic acids is 1. The van der Waals surface area contributed by atoms with Gasteiger partial charge in [0.15, 0.2) is 0 Å². The number of thiazole rings is 1. The van der Waals surface area contributed by atoms with E-state index in [1.165, 1.54) is 11.1 Å². The third-order valence-electron chi connectivity index (χ3n) is 3.67. The molecule has 4 heteroatoms. The Hall–Kier alpha value is -2.46. The van der Waals surface area contributed by atoms with Crippen molar-refractivity contribution in [3.8, 4) is 21.8 Å². The Morgan fingerprint density at radius 2 is 1.87 bits per heavy atom. The normalized spacial score (nSPS) is 10.5. The lowest BCUT2D eigenvalue weighted by atomic mass is 10.1. The smallest absolute Gasteiger partial charge is 0.224 e. The van der Waals surface area contributed by atoms with Crippen molar-refractivity contribution in [2.45, 2.75) is 20.3 Å². The van der Waals surface area contributed by atoms with Crippen LogP contribution in [0.2, 0.25) is 0 Å². The number of aryl methyl sites for hydroxylation is 1. The van der Waals surface area contributed by atoms with Gasteiger partial charge in [0.25, 0.3) is 0 Å². The first-order valence-corrected chi connectivity index (χ1v) is 8.47. The summed E-state index contributed by atoms with van der Waals surface area (Å²) in [4.78, 5) is 16.2. The van der Waals surface area contributed by atoms with E-state index in [9.17, 15) is 4.79 Å². The molecule has 1 amide bonds. The molecule has 3 nitrogen and oxygen atoms in total. The van der Waals surface area contributed by atoms with E-state index in [1.54, 1.807) is 11.3 Å². The maximum Gasteiger partial charge on any atom is 0.224 e. The highest BCUT2D eigenvalue weighted by atomic mass is 32.1. The molecule has 0 radical (unpaired) electrons. The number of nitrogens with zero attached hydrogens (tertiary/aromatic N) is 1. The standard InChI is InChI=1S/C19H18N2OS/c1-3-18(22)20-15-10-8-14(9-11-15)17-12-23-19(21-17)16-7-5-4-6-13(16)2/h4-12H,3H2,1-2H3,(H,20,22). The number of aromatic nitrogens is 1. The number of anilines is 1. The zero-order chi connectivity index (χ0) is 16.2. The molecular weight excluding hydrogens is 304 g/mol. The zero-order valence-corrected chi connectivity index (χ0v) is 14.0. The lowest BCUT2D eigenvalue weighted by molar-refractivity contribution is -0.115. The Kier molecular flexibility index (Phi) is 4.53. The summed E-state index contributed by atoms with van der Waals surface area (Å²) in [5.74, 6) is 0.0215. The minimum atomic E-state index is 0.0215. The van der Waals surface area contributed by atoms with Crippen LogP contribution in [-0.4, -0.2) is 10.9 Å². The van der Waals surface area contributed by atoms with E-state index >= 15 is 0 Å². The van der Waals surface area contributed by atoms with Crippen LogP contribution < -0.4 is 5.32 Å². The molecule has 0 fully saturated rings. The molecule has 0 bridgehead atoms. The molecule has 1 N–H and O–H groups in total. The fourth-order valence-electron chi connectivity index (χ4n) is 2.32. The average Bonchev–Trinajstić information content (AvgIpc) is 3.05. The minimum absolute atomic E-state index is 0.0215. The van der Waals surface area contributed by atoms with Gasteiger partial charge in [-0.25, -0.2) is 4.98 Å². The Morgan fingerprint density at radius 3 is 2.57 bits per heavy atom. The molecule has 3 aromatic rings. The molecule has 2 aromatic carbocycles. The Balaban J connectivity index is 1.83. The largest absolute Gasteiger partial charge is 0.326 e. The van der Waals surface area contributed by atoms with Gasteiger partial charge < -0.3 is 5.32 Å². The topological polar surface area (TPSA) is 42.0 Å². The molecular formula is C19H18N2OS. The molecule has 0 saturated carbocycles. The number of carbonyl (C=O) groups is 1. The van der Waals surface area contributed by atoms with Crippen molar-refractivity contribution >= 4 is 22.9 Å². The van der Waals surface area contributed by atoms with Gasteiger partial charge in [0, 0.05) is 28.6 Å². The second-order valence-corrected chi connectivity index (χ2v) is 6.19. The average molecular weight is 322 g/mol. The summed E-state index contributed by atoms with van der Waals surface area (Å²) in [7, 11) is 0. The Morgan fingerprint density at radius 1 is 1.13 bits per heavy atom. The third kappa shape index (κ3) is 3.48. The molecule has 0 atom stereocenters. The lowest BCUT2D eigenvalue weighted by Gasteiger charge is -2.04. The summed E-state index contributed by atoms with van der Waals surface area (Å²) in [5.41, 5.74) is 5.23. The molecule has 116 valence electrons. The first-order chi connectivity index (χ1) is 11.2. The van der Waals surface area contributed by atoms with E-state index in [2.05, 4.69) is 29.8 Å². The summed E-state index contributed by atoms with van der Waals surface area (Å²) < 4.78 is 0. The van der Waals surface area contributed by atoms with E-state index in [0.29, 0.717) is 6.42 Å². The molecule has 1 aromatic heterocycles. The number of rotatable bonds is 4. The van der Waals surface area contributed by atoms with Crippen LogP contribution in [0.3, 0.4) is 0 Å². The highest BCUT2D eigenvalue weighted by Gasteiger charge is 2.08. The van der Waals surface area contributed by atoms with E-state index < -0.39 is 0 Å². The highest BCUT2D eigenvalue weighted by molar-refractivity contribution is 7.13. The Bertz CT molecular complexity index is 821. The van der Waals surface area contributed by atoms with Crippen LogP contribution >= 0.6 is 11.3 Å². The van der Waals surface area contributed by atoms with Crippen molar-refractivity contribution in [1.82, 2.24) is 4.98 Å². The van der Waals surface area contributed by atoms with Crippen molar-refractivity contribution in [3.05, 3.63) is 59.5 Å². The van der Waals surface area contributed by atoms with Crippen molar-refractivity contribution in [3.63, 3.8) is 0 Å². The van der Waals surface area contributed by atoms with Crippen LogP contribution in [-0.2, 0) is 4.79 Å². The fraction of sp³-hybridized carbons (Fsp3) is 0.158. The summed E-state index contributed by atoms with van der Waals surface area (Å²) in [6.07, 6.45) is 0.480. The van der Waals surface area contributed by atoms with E-state index in [4.69, 9.17) is 4.98 Å². The molecule has 0 aliphatic rings. The van der Waals surface area contributed by atoms with Crippen molar-refractivity contribution in [1.29, 1.82) is 0 Å². The number of hydrogen-bond acceptors (Lipinski definition) is 3. The molecule has 3 rings (SSSR count). The third-order valence-corrected chi connectivity index (χ3v) is 4.54. The van der Waals surface area contributed by atoms with E-state index in [0.717, 1.165) is 22.0 Å². The van der Waals surface area contributed by atoms with Gasteiger partial charge in [-0.15, -0.1) is 11.3 Å². The number of amides is 1. The second kappa shape index (κ2) is 6.75. The van der Waals surface area contributed by atoms with Gasteiger partial charge in [-0.05, 0) is 24.6 Å². The summed E-state index contributed by atoms with van der Waals surface area (Å²) in [6.45, 7) is 3.94. The first-order valence-electron chi connectivity index (χ1n) is 7.59. The molecule has 0 saturated heterocycles. The Labute approximate surface area is 140 Å². The van der Waals surface area contributed by atoms with Gasteiger partial charge in [0.2, 0.25) is 5.91 Å².